The molecule has 0 atom stereocenters. The summed E-state index contributed by atoms with van der Waals surface area (Å²) in [6.45, 7) is 2.82. The topological polar surface area (TPSA) is 84.3 Å². The third-order valence-electron chi connectivity index (χ3n) is 2.68. The van der Waals surface area contributed by atoms with Crippen molar-refractivity contribution in [2.75, 3.05) is 30.4 Å². The van der Waals surface area contributed by atoms with Gasteiger partial charge in [0, 0.05) is 18.8 Å². The molecule has 2 N–H and O–H groups in total. The molecule has 0 saturated heterocycles. The zero-order valence-electron chi connectivity index (χ0n) is 11.9. The maximum Gasteiger partial charge on any atom is 0.285 e. The van der Waals surface area contributed by atoms with Gasteiger partial charge in [0.25, 0.3) is 11.6 Å². The Bertz CT molecular complexity index is 526. The number of anilines is 1. The van der Waals surface area contributed by atoms with Gasteiger partial charge in [-0.3, -0.25) is 14.9 Å². The molecule has 6 nitrogen and oxygen atoms in total. The number of nitrogens with zero attached hydrogens (tertiary/aromatic N) is 1. The number of halogens is 1. The smallest absolute Gasteiger partial charge is 0.285 e. The van der Waals surface area contributed by atoms with E-state index in [9.17, 15) is 19.3 Å². The van der Waals surface area contributed by atoms with Gasteiger partial charge in [-0.15, -0.1) is 0 Å². The molecule has 0 saturated carbocycles. The lowest BCUT2D eigenvalue weighted by molar-refractivity contribution is -0.385. The van der Waals surface area contributed by atoms with Crippen LogP contribution in [0.25, 0.3) is 0 Å². The second kappa shape index (κ2) is 8.46. The van der Waals surface area contributed by atoms with Crippen LogP contribution in [0.15, 0.2) is 12.1 Å². The average molecular weight is 315 g/mol. The van der Waals surface area contributed by atoms with E-state index < -0.39 is 22.3 Å². The standard InChI is InChI=1S/C13H18FN3O3S/c1-3-4-15-11-7-9(13(18)16-5-6-21-2)12(17(19)20)8-10(11)14/h7-8,15H,3-6H2,1-2H3,(H,16,18). The fourth-order valence-electron chi connectivity index (χ4n) is 1.65. The third kappa shape index (κ3) is 4.89. The van der Waals surface area contributed by atoms with Crippen molar-refractivity contribution in [1.29, 1.82) is 0 Å². The van der Waals surface area contributed by atoms with E-state index in [4.69, 9.17) is 0 Å². The van der Waals surface area contributed by atoms with Crippen molar-refractivity contribution in [3.63, 3.8) is 0 Å². The molecule has 116 valence electrons. The fourth-order valence-corrected chi connectivity index (χ4v) is 1.96. The fraction of sp³-hybridized carbons (Fsp3) is 0.462. The van der Waals surface area contributed by atoms with Gasteiger partial charge < -0.3 is 10.6 Å². The summed E-state index contributed by atoms with van der Waals surface area (Å²) in [5.41, 5.74) is -0.574. The molecule has 0 spiro atoms. The molecule has 0 aliphatic carbocycles. The van der Waals surface area contributed by atoms with Crippen LogP contribution < -0.4 is 10.6 Å². The van der Waals surface area contributed by atoms with E-state index >= 15 is 0 Å². The van der Waals surface area contributed by atoms with E-state index in [1.54, 1.807) is 11.8 Å². The number of amides is 1. The molecule has 0 aromatic heterocycles. The molecule has 21 heavy (non-hydrogen) atoms. The summed E-state index contributed by atoms with van der Waals surface area (Å²) in [5.74, 6) is -0.618. The van der Waals surface area contributed by atoms with E-state index in [2.05, 4.69) is 10.6 Å². The van der Waals surface area contributed by atoms with Crippen molar-refractivity contribution in [1.82, 2.24) is 5.32 Å². The Morgan fingerprint density at radius 2 is 2.14 bits per heavy atom. The first-order valence-corrected chi connectivity index (χ1v) is 7.89. The molecule has 0 bridgehead atoms. The molecule has 1 aromatic carbocycles. The number of nitro groups is 1. The van der Waals surface area contributed by atoms with Gasteiger partial charge >= 0.3 is 0 Å². The number of hydrogen-bond acceptors (Lipinski definition) is 5. The Labute approximate surface area is 126 Å². The molecular weight excluding hydrogens is 297 g/mol. The summed E-state index contributed by atoms with van der Waals surface area (Å²) in [7, 11) is 0. The summed E-state index contributed by atoms with van der Waals surface area (Å²) >= 11 is 1.55. The van der Waals surface area contributed by atoms with Gasteiger partial charge in [0.05, 0.1) is 16.7 Å². The molecular formula is C13H18FN3O3S. The number of nitro benzene ring substituents is 1. The number of carbonyl (C=O) groups is 1. The SMILES string of the molecule is CCCNc1cc(C(=O)NCCSC)c([N+](=O)[O-])cc1F. The first kappa shape index (κ1) is 17.2. The minimum Gasteiger partial charge on any atom is -0.383 e. The Hall–Kier alpha value is -1.83. The molecule has 0 fully saturated rings. The van der Waals surface area contributed by atoms with Crippen LogP contribution in [0, 0.1) is 15.9 Å². The van der Waals surface area contributed by atoms with Crippen LogP contribution in [-0.4, -0.2) is 35.9 Å². The van der Waals surface area contributed by atoms with Crippen LogP contribution in [0.4, 0.5) is 15.8 Å². The van der Waals surface area contributed by atoms with Crippen LogP contribution in [0.3, 0.4) is 0 Å². The Kier molecular flexibility index (Phi) is 6.93. The van der Waals surface area contributed by atoms with E-state index in [1.165, 1.54) is 6.07 Å². The molecule has 0 radical (unpaired) electrons. The summed E-state index contributed by atoms with van der Waals surface area (Å²) < 4.78 is 13.8. The number of nitrogens with one attached hydrogen (secondary N) is 2. The van der Waals surface area contributed by atoms with E-state index in [0.29, 0.717) is 18.8 Å². The highest BCUT2D eigenvalue weighted by atomic mass is 32.2. The first-order valence-electron chi connectivity index (χ1n) is 6.50. The van der Waals surface area contributed by atoms with Crippen molar-refractivity contribution in [3.8, 4) is 0 Å². The Morgan fingerprint density at radius 1 is 1.43 bits per heavy atom. The van der Waals surface area contributed by atoms with Crippen LogP contribution in [-0.2, 0) is 0 Å². The van der Waals surface area contributed by atoms with Crippen LogP contribution in [0.5, 0.6) is 0 Å². The molecule has 0 aliphatic heterocycles. The quantitative estimate of drug-likeness (QED) is 0.438. The van der Waals surface area contributed by atoms with Crippen LogP contribution in [0.2, 0.25) is 0 Å². The predicted octanol–water partition coefficient (Wildman–Crippen LogP) is 2.65. The highest BCUT2D eigenvalue weighted by molar-refractivity contribution is 7.98. The summed E-state index contributed by atoms with van der Waals surface area (Å²) in [5, 5.41) is 16.4. The van der Waals surface area contributed by atoms with Crippen molar-refractivity contribution >= 4 is 29.0 Å². The summed E-state index contributed by atoms with van der Waals surface area (Å²) in [6, 6.07) is 1.97. The predicted molar refractivity (Wildman–Crippen MR) is 82.6 cm³/mol. The minimum atomic E-state index is -0.754. The van der Waals surface area contributed by atoms with Crippen LogP contribution in [0.1, 0.15) is 23.7 Å². The lowest BCUT2D eigenvalue weighted by Gasteiger charge is -2.10. The third-order valence-corrected chi connectivity index (χ3v) is 3.30. The number of thioether (sulfide) groups is 1. The van der Waals surface area contributed by atoms with Crippen molar-refractivity contribution in [2.45, 2.75) is 13.3 Å². The molecule has 0 aliphatic rings. The van der Waals surface area contributed by atoms with Crippen LogP contribution >= 0.6 is 11.8 Å². The number of carbonyl (C=O) groups excluding carboxylic acids is 1. The average Bonchev–Trinajstić information content (AvgIpc) is 2.45. The molecule has 0 heterocycles. The van der Waals surface area contributed by atoms with Gasteiger partial charge in [-0.1, -0.05) is 6.92 Å². The Morgan fingerprint density at radius 3 is 2.71 bits per heavy atom. The zero-order valence-corrected chi connectivity index (χ0v) is 12.8. The van der Waals surface area contributed by atoms with Crippen molar-refractivity contribution in [2.24, 2.45) is 0 Å². The molecule has 1 amide bonds. The maximum atomic E-state index is 13.8. The number of benzene rings is 1. The maximum absolute atomic E-state index is 13.8. The van der Waals surface area contributed by atoms with Gasteiger partial charge in [-0.2, -0.15) is 11.8 Å². The van der Waals surface area contributed by atoms with Crippen molar-refractivity contribution in [3.05, 3.63) is 33.6 Å². The number of hydrogen-bond donors (Lipinski definition) is 2. The van der Waals surface area contributed by atoms with Gasteiger partial charge in [-0.25, -0.2) is 4.39 Å². The molecule has 0 unspecified atom stereocenters. The normalized spacial score (nSPS) is 10.2. The molecule has 8 heteroatoms. The van der Waals surface area contributed by atoms with Gasteiger partial charge in [0.1, 0.15) is 5.56 Å². The van der Waals surface area contributed by atoms with Gasteiger partial charge in [0.2, 0.25) is 0 Å². The second-order valence-electron chi connectivity index (χ2n) is 4.28. The minimum absolute atomic E-state index is 0.0949. The molecule has 1 aromatic rings. The lowest BCUT2D eigenvalue weighted by atomic mass is 10.1. The largest absolute Gasteiger partial charge is 0.383 e. The highest BCUT2D eigenvalue weighted by Gasteiger charge is 2.23. The summed E-state index contributed by atoms with van der Waals surface area (Å²) in [4.78, 5) is 22.2. The highest BCUT2D eigenvalue weighted by Crippen LogP contribution is 2.26. The van der Waals surface area contributed by atoms with E-state index in [-0.39, 0.29) is 11.3 Å². The second-order valence-corrected chi connectivity index (χ2v) is 5.27. The first-order chi connectivity index (χ1) is 10.0. The summed E-state index contributed by atoms with van der Waals surface area (Å²) in [6.07, 6.45) is 2.66. The van der Waals surface area contributed by atoms with Gasteiger partial charge in [-0.05, 0) is 18.7 Å². The number of rotatable bonds is 8. The van der Waals surface area contributed by atoms with E-state index in [1.807, 2.05) is 13.2 Å². The Balaban J connectivity index is 3.07. The van der Waals surface area contributed by atoms with Gasteiger partial charge in [0.15, 0.2) is 5.82 Å². The van der Waals surface area contributed by atoms with E-state index in [0.717, 1.165) is 12.5 Å². The monoisotopic (exact) mass is 315 g/mol. The van der Waals surface area contributed by atoms with Crippen molar-refractivity contribution < 1.29 is 14.1 Å². The zero-order chi connectivity index (χ0) is 15.8. The lowest BCUT2D eigenvalue weighted by Crippen LogP contribution is -2.26. The molecule has 1 rings (SSSR count).